The molecule has 6 nitrogen and oxygen atoms in total. The number of hydrogen-bond acceptors (Lipinski definition) is 4. The van der Waals surface area contributed by atoms with Gasteiger partial charge in [0.1, 0.15) is 5.69 Å². The molecule has 150 valence electrons. The number of benzene rings is 3. The molecule has 0 saturated heterocycles. The third-order valence-electron chi connectivity index (χ3n) is 5.68. The number of aliphatic hydroxyl groups excluding tert-OH is 1. The van der Waals surface area contributed by atoms with Crippen LogP contribution in [0, 0.1) is 0 Å². The maximum Gasteiger partial charge on any atom is 0.159 e. The minimum absolute atomic E-state index is 0.0569. The molecule has 1 unspecified atom stereocenters. The van der Waals surface area contributed by atoms with Crippen LogP contribution in [-0.2, 0) is 6.61 Å². The van der Waals surface area contributed by atoms with Crippen molar-refractivity contribution in [2.24, 2.45) is 0 Å². The number of rotatable bonds is 3. The van der Waals surface area contributed by atoms with E-state index in [1.807, 2.05) is 42.7 Å². The van der Waals surface area contributed by atoms with Crippen molar-refractivity contribution in [3.8, 4) is 22.6 Å². The Kier molecular flexibility index (Phi) is 4.10. The molecule has 31 heavy (non-hydrogen) atoms. The summed E-state index contributed by atoms with van der Waals surface area (Å²) in [5, 5.41) is 17.6. The Morgan fingerprint density at radius 3 is 2.77 bits per heavy atom. The number of nitrogens with zero attached hydrogens (tertiary/aromatic N) is 4. The zero-order chi connectivity index (χ0) is 20.9. The first-order valence-electron chi connectivity index (χ1n) is 9.93. The molecule has 0 bridgehead atoms. The van der Waals surface area contributed by atoms with Crippen LogP contribution in [0.1, 0.15) is 5.56 Å². The molecule has 6 aromatic rings. The molecule has 3 aromatic heterocycles. The van der Waals surface area contributed by atoms with Gasteiger partial charge in [-0.25, -0.2) is 9.44 Å². The fourth-order valence-corrected chi connectivity index (χ4v) is 4.50. The second-order valence-electron chi connectivity index (χ2n) is 7.49. The van der Waals surface area contributed by atoms with E-state index < -0.39 is 0 Å². The van der Waals surface area contributed by atoms with E-state index in [0.29, 0.717) is 5.82 Å². The van der Waals surface area contributed by atoms with Gasteiger partial charge in [0.15, 0.2) is 5.82 Å². The Labute approximate surface area is 179 Å². The Morgan fingerprint density at radius 2 is 1.87 bits per heavy atom. The number of aliphatic hydroxyl groups is 1. The van der Waals surface area contributed by atoms with Crippen molar-refractivity contribution >= 4 is 42.1 Å². The van der Waals surface area contributed by atoms with Gasteiger partial charge in [-0.05, 0) is 38.5 Å². The van der Waals surface area contributed by atoms with Crippen molar-refractivity contribution in [1.82, 2.24) is 24.5 Å². The smallest absolute Gasteiger partial charge is 0.159 e. The number of pyridine rings is 1. The van der Waals surface area contributed by atoms with Gasteiger partial charge in [-0.3, -0.25) is 4.98 Å². The van der Waals surface area contributed by atoms with E-state index in [1.165, 1.54) is 0 Å². The summed E-state index contributed by atoms with van der Waals surface area (Å²) in [6.45, 7) is -0.0569. The number of fused-ring (bicyclic) bond motifs is 3. The molecular formula is C24H18N5OP. The van der Waals surface area contributed by atoms with Gasteiger partial charge in [-0.1, -0.05) is 42.5 Å². The number of H-pyrrole nitrogens is 1. The van der Waals surface area contributed by atoms with Crippen molar-refractivity contribution in [2.75, 3.05) is 0 Å². The van der Waals surface area contributed by atoms with Gasteiger partial charge in [-0.2, -0.15) is 5.10 Å². The molecule has 2 N–H and O–H groups in total. The molecule has 0 aliphatic carbocycles. The number of imidazole rings is 1. The maximum absolute atomic E-state index is 9.66. The van der Waals surface area contributed by atoms with Crippen LogP contribution in [0.2, 0.25) is 0 Å². The van der Waals surface area contributed by atoms with Crippen LogP contribution < -0.4 is 0 Å². The first-order chi connectivity index (χ1) is 15.2. The van der Waals surface area contributed by atoms with E-state index in [1.54, 1.807) is 4.45 Å². The summed E-state index contributed by atoms with van der Waals surface area (Å²) in [5.74, 6) is 0.676. The summed E-state index contributed by atoms with van der Waals surface area (Å²) in [7, 11) is 2.64. The number of aromatic nitrogens is 5. The topological polar surface area (TPSA) is 79.6 Å². The average Bonchev–Trinajstić information content (AvgIpc) is 3.39. The molecule has 1 atom stereocenters. The first kappa shape index (κ1) is 18.2. The molecule has 0 aliphatic heterocycles. The molecule has 0 fully saturated rings. The predicted octanol–water partition coefficient (Wildman–Crippen LogP) is 4.93. The lowest BCUT2D eigenvalue weighted by Crippen LogP contribution is -1.86. The highest BCUT2D eigenvalue weighted by atomic mass is 31.0. The fourth-order valence-electron chi connectivity index (χ4n) is 4.16. The Morgan fingerprint density at radius 1 is 0.968 bits per heavy atom. The minimum atomic E-state index is -0.0569. The van der Waals surface area contributed by atoms with E-state index in [4.69, 9.17) is 10.1 Å². The van der Waals surface area contributed by atoms with Crippen LogP contribution in [0.4, 0.5) is 0 Å². The van der Waals surface area contributed by atoms with E-state index in [2.05, 4.69) is 49.7 Å². The molecule has 0 saturated carbocycles. The Hall–Kier alpha value is -3.60. The molecule has 3 aromatic carbocycles. The molecule has 0 amide bonds. The van der Waals surface area contributed by atoms with Crippen LogP contribution in [0.5, 0.6) is 0 Å². The van der Waals surface area contributed by atoms with Crippen LogP contribution in [0.3, 0.4) is 0 Å². The van der Waals surface area contributed by atoms with E-state index >= 15 is 0 Å². The largest absolute Gasteiger partial charge is 0.392 e. The van der Waals surface area contributed by atoms with Gasteiger partial charge in [0.05, 0.1) is 23.2 Å². The summed E-state index contributed by atoms with van der Waals surface area (Å²) in [6, 6.07) is 20.3. The van der Waals surface area contributed by atoms with E-state index in [-0.39, 0.29) is 6.61 Å². The summed E-state index contributed by atoms with van der Waals surface area (Å²) in [6.07, 6.45) is 3.79. The lowest BCUT2D eigenvalue weighted by atomic mass is 9.99. The molecule has 0 spiro atoms. The Balaban J connectivity index is 1.59. The average molecular weight is 423 g/mol. The van der Waals surface area contributed by atoms with Crippen molar-refractivity contribution in [2.45, 2.75) is 6.61 Å². The third kappa shape index (κ3) is 2.84. The first-order valence-corrected chi connectivity index (χ1v) is 10.4. The summed E-state index contributed by atoms with van der Waals surface area (Å²) >= 11 is 0. The normalized spacial score (nSPS) is 11.7. The summed E-state index contributed by atoms with van der Waals surface area (Å²) < 4.78 is 1.79. The van der Waals surface area contributed by atoms with Crippen LogP contribution in [0.15, 0.2) is 73.1 Å². The molecule has 0 radical (unpaired) electrons. The van der Waals surface area contributed by atoms with E-state index in [9.17, 15) is 5.11 Å². The van der Waals surface area contributed by atoms with Crippen molar-refractivity contribution in [3.63, 3.8) is 0 Å². The van der Waals surface area contributed by atoms with Crippen LogP contribution in [-0.4, -0.2) is 29.6 Å². The third-order valence-corrected chi connectivity index (χ3v) is 6.07. The van der Waals surface area contributed by atoms with Crippen molar-refractivity contribution < 1.29 is 5.11 Å². The molecular weight excluding hydrogens is 405 g/mol. The van der Waals surface area contributed by atoms with Gasteiger partial charge in [0.2, 0.25) is 0 Å². The number of para-hydroxylation sites is 1. The Bertz CT molecular complexity index is 1600. The molecule has 0 aliphatic rings. The SMILES string of the molecule is OCc1cccc2[nH]c(-c3nn(P)c4ccc(-c5cncc6ccccc56)cc34)nc12. The zero-order valence-electron chi connectivity index (χ0n) is 16.4. The standard InChI is InChI=1S/C24H18N5OP/c30-13-16-5-3-7-20-22(16)27-24(26-20)23-18-10-14(8-9-21(18)29(31)28-23)19-12-25-11-15-4-1-2-6-17(15)19/h1-12,30H,13,31H2,(H,26,27). The molecule has 6 rings (SSSR count). The summed E-state index contributed by atoms with van der Waals surface area (Å²) in [5.41, 5.74) is 6.33. The fraction of sp³-hybridized carbons (Fsp3) is 0.0417. The van der Waals surface area contributed by atoms with Gasteiger partial charge in [0.25, 0.3) is 0 Å². The quantitative estimate of drug-likeness (QED) is 0.396. The number of nitrogens with one attached hydrogen (secondary N) is 1. The zero-order valence-corrected chi connectivity index (χ0v) is 17.6. The summed E-state index contributed by atoms with van der Waals surface area (Å²) in [4.78, 5) is 12.6. The second-order valence-corrected chi connectivity index (χ2v) is 7.98. The van der Waals surface area contributed by atoms with Crippen LogP contribution in [0.25, 0.3) is 55.4 Å². The highest BCUT2D eigenvalue weighted by Crippen LogP contribution is 2.34. The lowest BCUT2D eigenvalue weighted by molar-refractivity contribution is 0.283. The van der Waals surface area contributed by atoms with Gasteiger partial charge in [0, 0.05) is 34.3 Å². The van der Waals surface area contributed by atoms with Crippen molar-refractivity contribution in [1.29, 1.82) is 0 Å². The lowest BCUT2D eigenvalue weighted by Gasteiger charge is -2.07. The number of aromatic amines is 1. The second kappa shape index (κ2) is 6.98. The highest BCUT2D eigenvalue weighted by Gasteiger charge is 2.17. The van der Waals surface area contributed by atoms with Gasteiger partial charge >= 0.3 is 0 Å². The minimum Gasteiger partial charge on any atom is -0.392 e. The van der Waals surface area contributed by atoms with Gasteiger partial charge < -0.3 is 10.1 Å². The predicted molar refractivity (Wildman–Crippen MR) is 127 cm³/mol. The maximum atomic E-state index is 9.66. The number of hydrogen-bond donors (Lipinski definition) is 2. The molecule has 7 heteroatoms. The monoisotopic (exact) mass is 423 g/mol. The molecule has 3 heterocycles. The van der Waals surface area contributed by atoms with E-state index in [0.717, 1.165) is 55.1 Å². The van der Waals surface area contributed by atoms with Crippen molar-refractivity contribution in [3.05, 3.63) is 78.6 Å². The van der Waals surface area contributed by atoms with Crippen LogP contribution >= 0.6 is 9.39 Å². The van der Waals surface area contributed by atoms with Gasteiger partial charge in [-0.15, -0.1) is 0 Å². The highest BCUT2D eigenvalue weighted by molar-refractivity contribution is 7.14.